The first-order chi connectivity index (χ1) is 11.6. The standard InChI is InChI=1S/C18H27N3O3.ClH/c22-18(9-6-16-10-13-19-14-11-16)20-12-2-1-3-15-4-7-17(8-5-15)21(23)24;/h4-5,7-8,16,19H,1-3,6,9-14H2,(H,20,22);1H. The molecule has 1 aliphatic rings. The average molecular weight is 370 g/mol. The minimum Gasteiger partial charge on any atom is -0.356 e. The Morgan fingerprint density at radius 3 is 2.52 bits per heavy atom. The lowest BCUT2D eigenvalue weighted by molar-refractivity contribution is -0.384. The molecule has 0 unspecified atom stereocenters. The van der Waals surface area contributed by atoms with E-state index >= 15 is 0 Å². The molecule has 140 valence electrons. The summed E-state index contributed by atoms with van der Waals surface area (Å²) in [5.41, 5.74) is 1.22. The lowest BCUT2D eigenvalue weighted by atomic mass is 9.93. The molecule has 1 amide bonds. The second-order valence-electron chi connectivity index (χ2n) is 6.46. The second kappa shape index (κ2) is 11.8. The number of non-ortho nitro benzene ring substituents is 1. The Bertz CT molecular complexity index is 531. The van der Waals surface area contributed by atoms with Gasteiger partial charge in [-0.25, -0.2) is 0 Å². The summed E-state index contributed by atoms with van der Waals surface area (Å²) in [6, 6.07) is 6.68. The third-order valence-corrected chi connectivity index (χ3v) is 4.60. The number of nitrogens with one attached hydrogen (secondary N) is 2. The zero-order valence-electron chi connectivity index (χ0n) is 14.5. The van der Waals surface area contributed by atoms with Crippen LogP contribution in [0.3, 0.4) is 0 Å². The van der Waals surface area contributed by atoms with Crippen LogP contribution in [0.2, 0.25) is 0 Å². The molecule has 0 spiro atoms. The number of carbonyl (C=O) groups is 1. The van der Waals surface area contributed by atoms with Crippen LogP contribution >= 0.6 is 12.4 Å². The van der Waals surface area contributed by atoms with Gasteiger partial charge in [-0.05, 0) is 63.1 Å². The smallest absolute Gasteiger partial charge is 0.269 e. The maximum absolute atomic E-state index is 11.8. The number of carbonyl (C=O) groups excluding carboxylic acids is 1. The van der Waals surface area contributed by atoms with E-state index in [9.17, 15) is 14.9 Å². The largest absolute Gasteiger partial charge is 0.356 e. The van der Waals surface area contributed by atoms with Crippen LogP contribution < -0.4 is 10.6 Å². The number of aryl methyl sites for hydroxylation is 1. The summed E-state index contributed by atoms with van der Waals surface area (Å²) in [5, 5.41) is 16.9. The van der Waals surface area contributed by atoms with Gasteiger partial charge < -0.3 is 10.6 Å². The molecule has 7 heteroatoms. The predicted octanol–water partition coefficient (Wildman–Crippen LogP) is 3.24. The first kappa shape index (κ1) is 21.4. The van der Waals surface area contributed by atoms with Gasteiger partial charge in [0.1, 0.15) is 0 Å². The van der Waals surface area contributed by atoms with Crippen LogP contribution in [0.25, 0.3) is 0 Å². The lowest BCUT2D eigenvalue weighted by Crippen LogP contribution is -2.29. The quantitative estimate of drug-likeness (QED) is 0.397. The van der Waals surface area contributed by atoms with E-state index in [-0.39, 0.29) is 28.9 Å². The molecule has 0 bridgehead atoms. The van der Waals surface area contributed by atoms with E-state index in [1.807, 2.05) is 0 Å². The van der Waals surface area contributed by atoms with Crippen molar-refractivity contribution in [1.82, 2.24) is 10.6 Å². The predicted molar refractivity (Wildman–Crippen MR) is 101 cm³/mol. The SMILES string of the molecule is Cl.O=C(CCC1CCNCC1)NCCCCc1ccc([N+](=O)[O-])cc1. The van der Waals surface area contributed by atoms with E-state index in [1.165, 1.54) is 25.0 Å². The fraction of sp³-hybridized carbons (Fsp3) is 0.611. The van der Waals surface area contributed by atoms with Crippen molar-refractivity contribution >= 4 is 24.0 Å². The zero-order valence-corrected chi connectivity index (χ0v) is 15.4. The number of hydrogen-bond acceptors (Lipinski definition) is 4. The molecule has 0 saturated carbocycles. The fourth-order valence-electron chi connectivity index (χ4n) is 3.06. The maximum Gasteiger partial charge on any atom is 0.269 e. The number of rotatable bonds is 9. The summed E-state index contributed by atoms with van der Waals surface area (Å²) in [7, 11) is 0. The number of benzene rings is 1. The van der Waals surface area contributed by atoms with Crippen LogP contribution in [0.15, 0.2) is 24.3 Å². The molecular weight excluding hydrogens is 342 g/mol. The number of nitro groups is 1. The number of hydrogen-bond donors (Lipinski definition) is 2. The molecule has 2 rings (SSSR count). The maximum atomic E-state index is 11.8. The van der Waals surface area contributed by atoms with E-state index in [1.54, 1.807) is 12.1 Å². The minimum atomic E-state index is -0.386. The van der Waals surface area contributed by atoms with Gasteiger partial charge in [0.05, 0.1) is 4.92 Å². The molecule has 0 aromatic heterocycles. The highest BCUT2D eigenvalue weighted by molar-refractivity contribution is 5.85. The molecule has 1 aliphatic heterocycles. The topological polar surface area (TPSA) is 84.3 Å². The average Bonchev–Trinajstić information content (AvgIpc) is 2.61. The Morgan fingerprint density at radius 1 is 1.20 bits per heavy atom. The Hall–Kier alpha value is -1.66. The minimum absolute atomic E-state index is 0. The molecule has 1 saturated heterocycles. The van der Waals surface area contributed by atoms with E-state index in [0.29, 0.717) is 18.9 Å². The van der Waals surface area contributed by atoms with Gasteiger partial charge in [0.2, 0.25) is 5.91 Å². The van der Waals surface area contributed by atoms with E-state index in [0.717, 1.165) is 44.3 Å². The van der Waals surface area contributed by atoms with E-state index in [2.05, 4.69) is 10.6 Å². The summed E-state index contributed by atoms with van der Waals surface area (Å²) < 4.78 is 0. The Kier molecular flexibility index (Phi) is 10.1. The van der Waals surface area contributed by atoms with E-state index < -0.39 is 0 Å². The molecule has 25 heavy (non-hydrogen) atoms. The van der Waals surface area contributed by atoms with Crippen molar-refractivity contribution in [1.29, 1.82) is 0 Å². The summed E-state index contributed by atoms with van der Waals surface area (Å²) in [5.74, 6) is 0.850. The number of halogens is 1. The van der Waals surface area contributed by atoms with Gasteiger partial charge >= 0.3 is 0 Å². The highest BCUT2D eigenvalue weighted by Gasteiger charge is 2.14. The Labute approximate surface area is 155 Å². The van der Waals surface area contributed by atoms with Gasteiger partial charge in [0.15, 0.2) is 0 Å². The molecule has 1 fully saturated rings. The molecule has 0 radical (unpaired) electrons. The van der Waals surface area contributed by atoms with Crippen molar-refractivity contribution in [2.75, 3.05) is 19.6 Å². The highest BCUT2D eigenvalue weighted by Crippen LogP contribution is 2.17. The number of nitrogens with zero attached hydrogens (tertiary/aromatic N) is 1. The molecule has 1 heterocycles. The third-order valence-electron chi connectivity index (χ3n) is 4.60. The first-order valence-corrected chi connectivity index (χ1v) is 8.86. The molecule has 1 aromatic carbocycles. The van der Waals surface area contributed by atoms with Crippen LogP contribution in [-0.4, -0.2) is 30.5 Å². The van der Waals surface area contributed by atoms with Crippen molar-refractivity contribution in [2.45, 2.75) is 44.9 Å². The van der Waals surface area contributed by atoms with Gasteiger partial charge in [0.25, 0.3) is 5.69 Å². The molecule has 0 aliphatic carbocycles. The number of nitro benzene ring substituents is 1. The third kappa shape index (κ3) is 8.31. The van der Waals surface area contributed by atoms with Gasteiger partial charge in [-0.15, -0.1) is 12.4 Å². The summed E-state index contributed by atoms with van der Waals surface area (Å²) in [6.07, 6.45) is 6.76. The molecule has 6 nitrogen and oxygen atoms in total. The first-order valence-electron chi connectivity index (χ1n) is 8.86. The van der Waals surface area contributed by atoms with Crippen molar-refractivity contribution in [3.05, 3.63) is 39.9 Å². The number of amides is 1. The summed E-state index contributed by atoms with van der Waals surface area (Å²) in [4.78, 5) is 22.0. The Morgan fingerprint density at radius 2 is 1.88 bits per heavy atom. The van der Waals surface area contributed by atoms with Gasteiger partial charge in [-0.3, -0.25) is 14.9 Å². The van der Waals surface area contributed by atoms with Gasteiger partial charge in [0, 0.05) is 25.1 Å². The fourth-order valence-corrected chi connectivity index (χ4v) is 3.06. The van der Waals surface area contributed by atoms with Gasteiger partial charge in [-0.2, -0.15) is 0 Å². The second-order valence-corrected chi connectivity index (χ2v) is 6.46. The molecule has 2 N–H and O–H groups in total. The zero-order chi connectivity index (χ0) is 17.2. The van der Waals surface area contributed by atoms with Crippen molar-refractivity contribution in [3.63, 3.8) is 0 Å². The summed E-state index contributed by atoms with van der Waals surface area (Å²) >= 11 is 0. The molecular formula is C18H28ClN3O3. The van der Waals surface area contributed by atoms with Crippen molar-refractivity contribution in [2.24, 2.45) is 5.92 Å². The van der Waals surface area contributed by atoms with Crippen molar-refractivity contribution < 1.29 is 9.72 Å². The number of unbranched alkanes of at least 4 members (excludes halogenated alkanes) is 1. The van der Waals surface area contributed by atoms with Crippen LogP contribution in [0.5, 0.6) is 0 Å². The van der Waals surface area contributed by atoms with E-state index in [4.69, 9.17) is 0 Å². The Balaban J connectivity index is 0.00000312. The highest BCUT2D eigenvalue weighted by atomic mass is 35.5. The van der Waals surface area contributed by atoms with Crippen LogP contribution in [0.1, 0.15) is 44.1 Å². The van der Waals surface area contributed by atoms with Crippen LogP contribution in [-0.2, 0) is 11.2 Å². The summed E-state index contributed by atoms with van der Waals surface area (Å²) in [6.45, 7) is 2.86. The normalized spacial score (nSPS) is 14.6. The number of piperidine rings is 1. The monoisotopic (exact) mass is 369 g/mol. The lowest BCUT2D eigenvalue weighted by Gasteiger charge is -2.22. The van der Waals surface area contributed by atoms with Crippen LogP contribution in [0.4, 0.5) is 5.69 Å². The molecule has 0 atom stereocenters. The van der Waals surface area contributed by atoms with Gasteiger partial charge in [-0.1, -0.05) is 12.1 Å². The van der Waals surface area contributed by atoms with Crippen molar-refractivity contribution in [3.8, 4) is 0 Å². The van der Waals surface area contributed by atoms with Crippen LogP contribution in [0, 0.1) is 16.0 Å². The molecule has 1 aromatic rings.